The molecule has 1 aromatic carbocycles. The molecule has 13 atom stereocenters. The van der Waals surface area contributed by atoms with Gasteiger partial charge in [-0.25, -0.2) is 18.7 Å². The van der Waals surface area contributed by atoms with Gasteiger partial charge in [0.2, 0.25) is 0 Å². The Morgan fingerprint density at radius 3 is 2.33 bits per heavy atom. The Bertz CT molecular complexity index is 1930. The molecule has 340 valence electrons. The molecule has 1 aliphatic carbocycles. The molecule has 6 rings (SSSR count). The summed E-state index contributed by atoms with van der Waals surface area (Å²) in [4.78, 5) is 60.9. The molecule has 15 nitrogen and oxygen atoms in total. The average Bonchev–Trinajstić information content (AvgIpc) is 3.88. The van der Waals surface area contributed by atoms with Crippen LogP contribution in [0.25, 0.3) is 11.0 Å². The number of ketones is 2. The summed E-state index contributed by atoms with van der Waals surface area (Å²) in [6, 6.07) is 6.35. The predicted octanol–water partition coefficient (Wildman–Crippen LogP) is 5.68. The van der Waals surface area contributed by atoms with Crippen molar-refractivity contribution in [2.24, 2.45) is 23.7 Å². The van der Waals surface area contributed by atoms with Crippen molar-refractivity contribution >= 4 is 34.7 Å². The van der Waals surface area contributed by atoms with Gasteiger partial charge in [0, 0.05) is 50.5 Å². The highest BCUT2D eigenvalue weighted by Crippen LogP contribution is 2.45. The molecule has 4 fully saturated rings. The number of para-hydroxylation sites is 1. The number of hydrogen-bond acceptors (Lipinski definition) is 13. The van der Waals surface area contributed by atoms with E-state index in [-0.39, 0.29) is 37.3 Å². The number of aliphatic hydroxyl groups is 1. The standard InChI is InChI=1S/C45H68FN5O10/c1-12-34-44(8)36(50(41(56)61-44)21-15-16-22-51-32-18-14-13-17-31(32)47-48-51)28(4)35(52)26(2)24-42(6,57-11)39(29(5)37(53)43(7,46)40(55)58-34)60-45(9)38(54)33(23-27(3)59-45)49(10)25-30-19-20-30/h13-14,17-18,26-30,33-34,36,38-39,54H,12,15-16,19-25H2,1-11H3/t26-,27-,28+,29+,33+,34-,36-,38-,39-,42-,43+,44-,45+/m1/s1. The van der Waals surface area contributed by atoms with Crippen LogP contribution < -0.4 is 0 Å². The van der Waals surface area contributed by atoms with Gasteiger partial charge in [-0.05, 0) is 105 Å². The molecular weight excluding hydrogens is 790 g/mol. The quantitative estimate of drug-likeness (QED) is 0.157. The van der Waals surface area contributed by atoms with Crippen LogP contribution >= 0.6 is 0 Å². The monoisotopic (exact) mass is 857 g/mol. The molecule has 4 heterocycles. The number of likely N-dealkylation sites (N-methyl/N-ethyl adjacent to an activating group) is 1. The van der Waals surface area contributed by atoms with Crippen molar-refractivity contribution in [3.8, 4) is 0 Å². The summed E-state index contributed by atoms with van der Waals surface area (Å²) in [6.45, 7) is 15.8. The number of amides is 1. The number of carbonyl (C=O) groups excluding carboxylic acids is 4. The first-order chi connectivity index (χ1) is 28.6. The number of ether oxygens (including phenoxy) is 5. The molecule has 16 heteroatoms. The lowest BCUT2D eigenvalue weighted by Crippen LogP contribution is -2.65. The Hall–Kier alpha value is -3.57. The van der Waals surface area contributed by atoms with Gasteiger partial charge in [-0.1, -0.05) is 45.0 Å². The number of hydrogen-bond donors (Lipinski definition) is 1. The minimum Gasteiger partial charge on any atom is -0.455 e. The molecule has 1 N–H and O–H groups in total. The van der Waals surface area contributed by atoms with Crippen molar-refractivity contribution in [1.82, 2.24) is 24.8 Å². The van der Waals surface area contributed by atoms with Crippen LogP contribution in [0.3, 0.4) is 0 Å². The average molecular weight is 858 g/mol. The SMILES string of the molecule is CC[C@H]1OC(=O)[C@@](C)(F)C(=O)[C@H](C)[C@@H](O[C@]2(C)O[C@H](C)C[C@H](N(C)CC3CC3)[C@H]2O)[C@](C)(OC)C[C@@H](C)C(=O)[C@H](C)[C@H]2N(CCCCn3nnc4ccccc43)C(=O)O[C@]12C. The van der Waals surface area contributed by atoms with E-state index >= 15 is 4.39 Å². The first kappa shape index (κ1) is 46.9. The fourth-order valence-corrected chi connectivity index (χ4v) is 10.5. The second-order valence-corrected chi connectivity index (χ2v) is 19.1. The van der Waals surface area contributed by atoms with Gasteiger partial charge in [-0.15, -0.1) is 5.10 Å². The van der Waals surface area contributed by atoms with Crippen LogP contribution in [0.5, 0.6) is 0 Å². The number of fused-ring (bicyclic) bond motifs is 2. The highest BCUT2D eigenvalue weighted by Gasteiger charge is 2.62. The maximum Gasteiger partial charge on any atom is 0.410 e. The summed E-state index contributed by atoms with van der Waals surface area (Å²) < 4.78 is 50.2. The number of aliphatic hydroxyl groups excluding tert-OH is 1. The molecule has 0 radical (unpaired) electrons. The van der Waals surface area contributed by atoms with Crippen LogP contribution in [0.15, 0.2) is 24.3 Å². The van der Waals surface area contributed by atoms with Gasteiger partial charge in [-0.2, -0.15) is 0 Å². The van der Waals surface area contributed by atoms with Crippen LogP contribution in [-0.2, 0) is 44.6 Å². The lowest BCUT2D eigenvalue weighted by Gasteiger charge is -2.52. The number of nitrogens with zero attached hydrogens (tertiary/aromatic N) is 5. The Morgan fingerprint density at radius 2 is 1.67 bits per heavy atom. The van der Waals surface area contributed by atoms with Crippen LogP contribution in [0.2, 0.25) is 0 Å². The van der Waals surface area contributed by atoms with E-state index in [4.69, 9.17) is 23.7 Å². The fourth-order valence-electron chi connectivity index (χ4n) is 10.5. The minimum atomic E-state index is -3.19. The third-order valence-corrected chi connectivity index (χ3v) is 14.1. The molecule has 1 amide bonds. The summed E-state index contributed by atoms with van der Waals surface area (Å²) in [5, 5.41) is 20.5. The number of aryl methyl sites for hydroxylation is 1. The molecule has 1 saturated carbocycles. The van der Waals surface area contributed by atoms with Crippen molar-refractivity contribution in [2.75, 3.05) is 27.2 Å². The van der Waals surface area contributed by atoms with E-state index in [0.29, 0.717) is 31.7 Å². The van der Waals surface area contributed by atoms with Crippen molar-refractivity contribution in [3.05, 3.63) is 24.3 Å². The Kier molecular flexibility index (Phi) is 13.8. The maximum atomic E-state index is 17.1. The van der Waals surface area contributed by atoms with Gasteiger partial charge in [0.15, 0.2) is 17.2 Å². The van der Waals surface area contributed by atoms with E-state index < -0.39 is 82.6 Å². The van der Waals surface area contributed by atoms with Gasteiger partial charge < -0.3 is 38.6 Å². The van der Waals surface area contributed by atoms with Gasteiger partial charge in [-0.3, -0.25) is 9.59 Å². The summed E-state index contributed by atoms with van der Waals surface area (Å²) >= 11 is 0. The fraction of sp³-hybridized carbons (Fsp3) is 0.778. The maximum absolute atomic E-state index is 17.1. The van der Waals surface area contributed by atoms with Crippen LogP contribution in [0.4, 0.5) is 9.18 Å². The van der Waals surface area contributed by atoms with Crippen LogP contribution in [0.1, 0.15) is 107 Å². The zero-order valence-electron chi connectivity index (χ0n) is 37.9. The van der Waals surface area contributed by atoms with Crippen molar-refractivity contribution < 1.29 is 52.4 Å². The molecular formula is C45H68FN5O10. The predicted molar refractivity (Wildman–Crippen MR) is 223 cm³/mol. The lowest BCUT2D eigenvalue weighted by molar-refractivity contribution is -0.354. The highest BCUT2D eigenvalue weighted by atomic mass is 19.1. The zero-order chi connectivity index (χ0) is 44.8. The molecule has 4 aliphatic rings. The normalized spacial score (nSPS) is 39.3. The van der Waals surface area contributed by atoms with E-state index in [2.05, 4.69) is 15.2 Å². The minimum absolute atomic E-state index is 0.00352. The molecule has 0 bridgehead atoms. The Morgan fingerprint density at radius 1 is 1.00 bits per heavy atom. The van der Waals surface area contributed by atoms with E-state index in [1.54, 1.807) is 46.2 Å². The smallest absolute Gasteiger partial charge is 0.410 e. The number of aromatic nitrogens is 3. The van der Waals surface area contributed by atoms with E-state index in [1.807, 2.05) is 38.2 Å². The van der Waals surface area contributed by atoms with E-state index in [9.17, 15) is 24.3 Å². The second kappa shape index (κ2) is 17.9. The topological polar surface area (TPSA) is 172 Å². The largest absolute Gasteiger partial charge is 0.455 e. The second-order valence-electron chi connectivity index (χ2n) is 19.1. The molecule has 0 unspecified atom stereocenters. The number of carbonyl (C=O) groups is 4. The van der Waals surface area contributed by atoms with Crippen molar-refractivity contribution in [2.45, 2.75) is 173 Å². The van der Waals surface area contributed by atoms with Gasteiger partial charge in [0.1, 0.15) is 23.5 Å². The van der Waals surface area contributed by atoms with Crippen LogP contribution in [0, 0.1) is 23.7 Å². The number of unbranched alkanes of at least 4 members (excludes halogenated alkanes) is 1. The van der Waals surface area contributed by atoms with Crippen molar-refractivity contribution in [3.63, 3.8) is 0 Å². The summed E-state index contributed by atoms with van der Waals surface area (Å²) in [7, 11) is 3.39. The molecule has 61 heavy (non-hydrogen) atoms. The van der Waals surface area contributed by atoms with Gasteiger partial charge >= 0.3 is 12.1 Å². The number of methoxy groups -OCH3 is 1. The first-order valence-corrected chi connectivity index (χ1v) is 22.2. The molecule has 0 spiro atoms. The lowest BCUT2D eigenvalue weighted by atomic mass is 9.73. The summed E-state index contributed by atoms with van der Waals surface area (Å²) in [5.41, 5.74) is -4.59. The number of esters is 1. The number of benzene rings is 1. The van der Waals surface area contributed by atoms with Crippen LogP contribution in [-0.4, -0.2) is 140 Å². The highest BCUT2D eigenvalue weighted by molar-refractivity contribution is 6.08. The molecule has 3 aliphatic heterocycles. The Balaban J connectivity index is 1.32. The Labute approximate surface area is 359 Å². The number of rotatable bonds is 12. The van der Waals surface area contributed by atoms with E-state index in [0.717, 1.165) is 37.3 Å². The van der Waals surface area contributed by atoms with Crippen molar-refractivity contribution in [1.29, 1.82) is 0 Å². The molecule has 3 saturated heterocycles. The summed E-state index contributed by atoms with van der Waals surface area (Å²) in [6.07, 6.45) is -0.784. The number of Topliss-reactive ketones (excluding diaryl/α,β-unsaturated/α-hetero) is 2. The number of alkyl halides is 1. The molecule has 2 aromatic rings. The van der Waals surface area contributed by atoms with E-state index in [1.165, 1.54) is 18.9 Å². The summed E-state index contributed by atoms with van der Waals surface area (Å²) in [5.74, 6) is -6.94. The number of cyclic esters (lactones) is 1. The third kappa shape index (κ3) is 9.12. The third-order valence-electron chi connectivity index (χ3n) is 14.1. The van der Waals surface area contributed by atoms with Gasteiger partial charge in [0.25, 0.3) is 5.67 Å². The first-order valence-electron chi connectivity index (χ1n) is 22.2. The molecule has 1 aromatic heterocycles. The number of halogens is 1. The van der Waals surface area contributed by atoms with Gasteiger partial charge in [0.05, 0.1) is 29.4 Å². The zero-order valence-corrected chi connectivity index (χ0v) is 37.9.